The molecule has 5 atom stereocenters. The van der Waals surface area contributed by atoms with Crippen molar-refractivity contribution in [1.29, 1.82) is 0 Å². The molecule has 5 nitrogen and oxygen atoms in total. The van der Waals surface area contributed by atoms with E-state index in [1.165, 1.54) is 6.07 Å². The van der Waals surface area contributed by atoms with Crippen LogP contribution in [0.5, 0.6) is 5.75 Å². The highest BCUT2D eigenvalue weighted by Gasteiger charge is 2.62. The van der Waals surface area contributed by atoms with Crippen molar-refractivity contribution in [1.82, 2.24) is 0 Å². The monoisotopic (exact) mass is 400 g/mol. The first-order chi connectivity index (χ1) is 13.6. The van der Waals surface area contributed by atoms with Gasteiger partial charge in [-0.15, -0.1) is 0 Å². The maximum absolute atomic E-state index is 11.7. The number of benzene rings is 1. The third kappa shape index (κ3) is 3.19. The van der Waals surface area contributed by atoms with Crippen LogP contribution in [-0.4, -0.2) is 28.5 Å². The molecule has 0 radical (unpaired) electrons. The Kier molecular flexibility index (Phi) is 4.82. The highest BCUT2D eigenvalue weighted by Crippen LogP contribution is 2.62. The van der Waals surface area contributed by atoms with Crippen molar-refractivity contribution >= 4 is 11.0 Å². The van der Waals surface area contributed by atoms with Gasteiger partial charge in [0, 0.05) is 23.4 Å². The van der Waals surface area contributed by atoms with E-state index in [2.05, 4.69) is 20.8 Å². The van der Waals surface area contributed by atoms with E-state index in [0.29, 0.717) is 24.4 Å². The lowest BCUT2D eigenvalue weighted by molar-refractivity contribution is -0.227. The number of aliphatic hydroxyl groups is 2. The number of aliphatic hydroxyl groups excluding tert-OH is 1. The molecule has 0 spiro atoms. The second-order valence-electron chi connectivity index (χ2n) is 10.0. The molecule has 29 heavy (non-hydrogen) atoms. The van der Waals surface area contributed by atoms with Crippen LogP contribution >= 0.6 is 0 Å². The van der Waals surface area contributed by atoms with Crippen molar-refractivity contribution in [2.24, 2.45) is 22.7 Å². The summed E-state index contributed by atoms with van der Waals surface area (Å²) in [5, 5.41) is 23.1. The Balaban J connectivity index is 1.54. The molecule has 0 amide bonds. The van der Waals surface area contributed by atoms with E-state index in [4.69, 9.17) is 9.15 Å². The highest BCUT2D eigenvalue weighted by atomic mass is 16.5. The van der Waals surface area contributed by atoms with Crippen molar-refractivity contribution in [3.63, 3.8) is 0 Å². The van der Waals surface area contributed by atoms with Crippen LogP contribution in [0.1, 0.15) is 53.4 Å². The zero-order chi connectivity index (χ0) is 21.0. The lowest BCUT2D eigenvalue weighted by Gasteiger charge is -2.63. The van der Waals surface area contributed by atoms with E-state index in [1.807, 2.05) is 19.1 Å². The summed E-state index contributed by atoms with van der Waals surface area (Å²) in [6.45, 7) is 8.80. The van der Waals surface area contributed by atoms with Crippen LogP contribution in [0.25, 0.3) is 11.0 Å². The molecular formula is C24H32O5. The second-order valence-corrected chi connectivity index (χ2v) is 10.0. The molecule has 0 unspecified atom stereocenters. The van der Waals surface area contributed by atoms with Gasteiger partial charge < -0.3 is 19.4 Å². The molecule has 1 aromatic carbocycles. The fourth-order valence-corrected chi connectivity index (χ4v) is 6.02. The lowest BCUT2D eigenvalue weighted by Crippen LogP contribution is -2.64. The third-order valence-electron chi connectivity index (χ3n) is 8.26. The largest absolute Gasteiger partial charge is 0.493 e. The summed E-state index contributed by atoms with van der Waals surface area (Å²) in [7, 11) is 0. The van der Waals surface area contributed by atoms with Crippen LogP contribution < -0.4 is 10.4 Å². The number of fused-ring (bicyclic) bond motifs is 2. The van der Waals surface area contributed by atoms with E-state index in [9.17, 15) is 15.0 Å². The van der Waals surface area contributed by atoms with Crippen molar-refractivity contribution in [3.8, 4) is 5.75 Å². The Morgan fingerprint density at radius 3 is 2.59 bits per heavy atom. The first-order valence-electron chi connectivity index (χ1n) is 10.6. The molecule has 0 bridgehead atoms. The van der Waals surface area contributed by atoms with Crippen LogP contribution in [-0.2, 0) is 0 Å². The molecule has 2 fully saturated rings. The summed E-state index contributed by atoms with van der Waals surface area (Å²) in [6, 6.07) is 8.61. The van der Waals surface area contributed by atoms with Gasteiger partial charge in [0.25, 0.3) is 0 Å². The molecule has 2 aromatic rings. The fraction of sp³-hybridized carbons (Fsp3) is 0.625. The summed E-state index contributed by atoms with van der Waals surface area (Å²) >= 11 is 0. The standard InChI is InChI=1S/C24H32O5/c1-22(2)19-9-7-16(24(4,27)23(19,3)12-11-20(22)25)14-28-17-8-5-15-6-10-21(26)29-18(15)13-17/h5-6,8,10,13,16,19-20,25,27H,7,9,11-12,14H2,1-4H3/t16-,19+,20+,23+,24+/m0/s1. The van der Waals surface area contributed by atoms with E-state index >= 15 is 0 Å². The predicted octanol–water partition coefficient (Wildman–Crippen LogP) is 4.14. The summed E-state index contributed by atoms with van der Waals surface area (Å²) in [5.74, 6) is 0.891. The zero-order valence-electron chi connectivity index (χ0n) is 17.8. The number of hydrogen-bond donors (Lipinski definition) is 2. The SMILES string of the molecule is CC1(C)[C@H](O)CC[C@]2(C)[C@@H]1CC[C@@H](COc1ccc3ccc(=O)oc3c1)[C@@]2(C)O. The number of hydrogen-bond acceptors (Lipinski definition) is 5. The van der Waals surface area contributed by atoms with Crippen LogP contribution in [0.15, 0.2) is 39.5 Å². The first-order valence-corrected chi connectivity index (χ1v) is 10.6. The normalized spacial score (nSPS) is 36.6. The highest BCUT2D eigenvalue weighted by molar-refractivity contribution is 5.77. The number of ether oxygens (including phenoxy) is 1. The summed E-state index contributed by atoms with van der Waals surface area (Å²) < 4.78 is 11.3. The Labute approximate surface area is 171 Å². The van der Waals surface area contributed by atoms with Gasteiger partial charge in [0.2, 0.25) is 0 Å². The van der Waals surface area contributed by atoms with Gasteiger partial charge in [-0.2, -0.15) is 0 Å². The van der Waals surface area contributed by atoms with Gasteiger partial charge in [-0.3, -0.25) is 0 Å². The molecule has 2 aliphatic rings. The maximum atomic E-state index is 11.7. The van der Waals surface area contributed by atoms with E-state index < -0.39 is 5.60 Å². The average Bonchev–Trinajstić information content (AvgIpc) is 2.65. The first kappa shape index (κ1) is 20.4. The number of rotatable bonds is 3. The molecular weight excluding hydrogens is 368 g/mol. The molecule has 0 saturated heterocycles. The van der Waals surface area contributed by atoms with E-state index in [0.717, 1.165) is 24.6 Å². The minimum Gasteiger partial charge on any atom is -0.493 e. The summed E-state index contributed by atoms with van der Waals surface area (Å²) in [4.78, 5) is 11.5. The van der Waals surface area contributed by atoms with Crippen molar-refractivity contribution < 1.29 is 19.4 Å². The quantitative estimate of drug-likeness (QED) is 0.757. The molecule has 1 aromatic heterocycles. The summed E-state index contributed by atoms with van der Waals surface area (Å²) in [6.07, 6.45) is 3.03. The predicted molar refractivity (Wildman–Crippen MR) is 112 cm³/mol. The van der Waals surface area contributed by atoms with Gasteiger partial charge in [0.1, 0.15) is 11.3 Å². The van der Waals surface area contributed by atoms with Gasteiger partial charge in [-0.05, 0) is 67.6 Å². The van der Waals surface area contributed by atoms with Gasteiger partial charge in [-0.25, -0.2) is 4.79 Å². The second kappa shape index (κ2) is 6.85. The van der Waals surface area contributed by atoms with Crippen molar-refractivity contribution in [2.75, 3.05) is 6.61 Å². The molecule has 158 valence electrons. The molecule has 2 aliphatic carbocycles. The fourth-order valence-electron chi connectivity index (χ4n) is 6.02. The van der Waals surface area contributed by atoms with Crippen LogP contribution in [0, 0.1) is 22.7 Å². The van der Waals surface area contributed by atoms with E-state index in [1.54, 1.807) is 12.1 Å². The van der Waals surface area contributed by atoms with Gasteiger partial charge >= 0.3 is 5.63 Å². The van der Waals surface area contributed by atoms with Crippen LogP contribution in [0.2, 0.25) is 0 Å². The lowest BCUT2D eigenvalue weighted by atomic mass is 9.44. The summed E-state index contributed by atoms with van der Waals surface area (Å²) in [5.41, 5.74) is -1.25. The molecule has 0 aliphatic heterocycles. The Hall–Kier alpha value is -1.85. The Morgan fingerprint density at radius 1 is 1.10 bits per heavy atom. The topological polar surface area (TPSA) is 79.9 Å². The van der Waals surface area contributed by atoms with Gasteiger partial charge in [0.05, 0.1) is 18.3 Å². The molecule has 5 heteroatoms. The van der Waals surface area contributed by atoms with Crippen LogP contribution in [0.4, 0.5) is 0 Å². The smallest absolute Gasteiger partial charge is 0.336 e. The molecule has 4 rings (SSSR count). The van der Waals surface area contributed by atoms with Crippen LogP contribution in [0.3, 0.4) is 0 Å². The molecule has 2 saturated carbocycles. The molecule has 1 heterocycles. The zero-order valence-corrected chi connectivity index (χ0v) is 17.8. The minimum atomic E-state index is -0.892. The van der Waals surface area contributed by atoms with Crippen molar-refractivity contribution in [2.45, 2.75) is 65.1 Å². The van der Waals surface area contributed by atoms with Gasteiger partial charge in [0.15, 0.2) is 0 Å². The Morgan fingerprint density at radius 2 is 1.83 bits per heavy atom. The average molecular weight is 401 g/mol. The molecule has 2 N–H and O–H groups in total. The Bertz CT molecular complexity index is 959. The third-order valence-corrected chi connectivity index (χ3v) is 8.26. The van der Waals surface area contributed by atoms with E-state index in [-0.39, 0.29) is 34.4 Å². The maximum Gasteiger partial charge on any atom is 0.336 e. The minimum absolute atomic E-state index is 0.00623. The van der Waals surface area contributed by atoms with Gasteiger partial charge in [-0.1, -0.05) is 20.8 Å². The van der Waals surface area contributed by atoms with Crippen molar-refractivity contribution in [3.05, 3.63) is 40.8 Å².